The first kappa shape index (κ1) is 13.6. The zero-order valence-corrected chi connectivity index (χ0v) is 12.2. The number of carbonyl (C=O) groups excluding carboxylic acids is 1. The normalized spacial score (nSPS) is 26.9. The van der Waals surface area contributed by atoms with Crippen LogP contribution in [0.3, 0.4) is 0 Å². The summed E-state index contributed by atoms with van der Waals surface area (Å²) in [6, 6.07) is 7.67. The fraction of sp³-hybridized carbons (Fsp3) is 0.588. The molecule has 1 fully saturated rings. The minimum atomic E-state index is -0.256. The van der Waals surface area contributed by atoms with Crippen molar-refractivity contribution < 1.29 is 9.53 Å². The third-order valence-electron chi connectivity index (χ3n) is 4.53. The first-order valence-corrected chi connectivity index (χ1v) is 7.76. The molecule has 3 heteroatoms. The van der Waals surface area contributed by atoms with Crippen LogP contribution in [0.1, 0.15) is 49.4 Å². The lowest BCUT2D eigenvalue weighted by Crippen LogP contribution is -2.42. The fourth-order valence-corrected chi connectivity index (χ4v) is 3.49. The van der Waals surface area contributed by atoms with Crippen molar-refractivity contribution in [3.63, 3.8) is 0 Å². The predicted octanol–water partition coefficient (Wildman–Crippen LogP) is 3.29. The van der Waals surface area contributed by atoms with E-state index in [0.717, 1.165) is 50.2 Å². The molecule has 0 bridgehead atoms. The van der Waals surface area contributed by atoms with Gasteiger partial charge in [-0.25, -0.2) is 0 Å². The third-order valence-corrected chi connectivity index (χ3v) is 4.53. The van der Waals surface area contributed by atoms with Gasteiger partial charge >= 0.3 is 0 Å². The number of para-hydroxylation sites is 1. The molecule has 1 atom stereocenters. The maximum atomic E-state index is 12.4. The number of hydrogen-bond acceptors (Lipinski definition) is 3. The molecule has 1 spiro atoms. The van der Waals surface area contributed by atoms with E-state index in [1.165, 1.54) is 6.42 Å². The van der Waals surface area contributed by atoms with Crippen LogP contribution in [0.15, 0.2) is 24.3 Å². The van der Waals surface area contributed by atoms with Crippen molar-refractivity contribution in [3.05, 3.63) is 29.8 Å². The van der Waals surface area contributed by atoms with Crippen molar-refractivity contribution in [1.29, 1.82) is 0 Å². The average molecular weight is 273 g/mol. The Kier molecular flexibility index (Phi) is 3.79. The van der Waals surface area contributed by atoms with Crippen LogP contribution < -0.4 is 4.74 Å². The average Bonchev–Trinajstić information content (AvgIpc) is 2.63. The number of hydrogen-bond donors (Lipinski definition) is 0. The summed E-state index contributed by atoms with van der Waals surface area (Å²) in [5, 5.41) is 0. The molecule has 2 aliphatic heterocycles. The number of ether oxygens (including phenoxy) is 1. The van der Waals surface area contributed by atoms with Gasteiger partial charge in [-0.05, 0) is 44.5 Å². The van der Waals surface area contributed by atoms with Crippen LogP contribution in [-0.4, -0.2) is 35.9 Å². The van der Waals surface area contributed by atoms with E-state index in [1.54, 1.807) is 0 Å². The predicted molar refractivity (Wildman–Crippen MR) is 79.3 cm³/mol. The highest BCUT2D eigenvalue weighted by molar-refractivity contribution is 6.00. The highest BCUT2D eigenvalue weighted by atomic mass is 16.5. The quantitative estimate of drug-likeness (QED) is 0.828. The Morgan fingerprint density at radius 2 is 2.10 bits per heavy atom. The standard InChI is InChI=1S/C17H23NO2/c1-2-10-18-11-5-8-17(9-12-18)13-15(19)14-6-3-4-7-16(14)20-17/h3-4,6-7H,2,5,8-13H2,1H3. The summed E-state index contributed by atoms with van der Waals surface area (Å²) in [6.07, 6.45) is 4.81. The first-order chi connectivity index (χ1) is 9.72. The van der Waals surface area contributed by atoms with E-state index in [4.69, 9.17) is 4.74 Å². The fourth-order valence-electron chi connectivity index (χ4n) is 3.49. The van der Waals surface area contributed by atoms with Crippen molar-refractivity contribution in [2.24, 2.45) is 0 Å². The van der Waals surface area contributed by atoms with Gasteiger partial charge in [-0.15, -0.1) is 0 Å². The zero-order valence-electron chi connectivity index (χ0n) is 12.2. The molecule has 108 valence electrons. The second kappa shape index (κ2) is 5.57. The van der Waals surface area contributed by atoms with E-state index in [0.29, 0.717) is 6.42 Å². The molecule has 1 aromatic rings. The molecule has 0 amide bonds. The molecule has 20 heavy (non-hydrogen) atoms. The number of nitrogens with zero attached hydrogens (tertiary/aromatic N) is 1. The van der Waals surface area contributed by atoms with E-state index >= 15 is 0 Å². The van der Waals surface area contributed by atoms with E-state index < -0.39 is 0 Å². The van der Waals surface area contributed by atoms with Gasteiger partial charge < -0.3 is 9.64 Å². The van der Waals surface area contributed by atoms with Gasteiger partial charge in [0.05, 0.1) is 12.0 Å². The molecule has 3 nitrogen and oxygen atoms in total. The first-order valence-electron chi connectivity index (χ1n) is 7.76. The van der Waals surface area contributed by atoms with Crippen LogP contribution in [0.4, 0.5) is 0 Å². The minimum absolute atomic E-state index is 0.246. The van der Waals surface area contributed by atoms with E-state index in [2.05, 4.69) is 11.8 Å². The SMILES string of the molecule is CCCN1CCCC2(CC1)CC(=O)c1ccccc1O2. The molecule has 3 rings (SSSR count). The monoisotopic (exact) mass is 273 g/mol. The number of fused-ring (bicyclic) bond motifs is 1. The van der Waals surface area contributed by atoms with Crippen LogP contribution in [0.2, 0.25) is 0 Å². The Balaban J connectivity index is 1.79. The number of ketones is 1. The Hall–Kier alpha value is -1.35. The molecule has 1 aromatic carbocycles. The number of carbonyl (C=O) groups is 1. The molecular weight excluding hydrogens is 250 g/mol. The summed E-state index contributed by atoms with van der Waals surface area (Å²) < 4.78 is 6.29. The van der Waals surface area contributed by atoms with Gasteiger partial charge in [0.1, 0.15) is 11.4 Å². The molecule has 0 radical (unpaired) electrons. The summed E-state index contributed by atoms with van der Waals surface area (Å²) in [5.41, 5.74) is 0.501. The molecule has 1 saturated heterocycles. The molecule has 0 aromatic heterocycles. The van der Waals surface area contributed by atoms with Crippen molar-refractivity contribution in [3.8, 4) is 5.75 Å². The molecule has 0 N–H and O–H groups in total. The van der Waals surface area contributed by atoms with Crippen molar-refractivity contribution in [2.45, 2.75) is 44.6 Å². The Bertz CT molecular complexity index is 500. The van der Waals surface area contributed by atoms with Gasteiger partial charge in [0.25, 0.3) is 0 Å². The van der Waals surface area contributed by atoms with Gasteiger partial charge in [0.2, 0.25) is 0 Å². The highest BCUT2D eigenvalue weighted by Gasteiger charge is 2.41. The Morgan fingerprint density at radius 3 is 2.95 bits per heavy atom. The van der Waals surface area contributed by atoms with Gasteiger partial charge in [-0.3, -0.25) is 4.79 Å². The molecule has 2 aliphatic rings. The summed E-state index contributed by atoms with van der Waals surface area (Å²) in [5.74, 6) is 1.03. The van der Waals surface area contributed by atoms with Crippen LogP contribution in [0.5, 0.6) is 5.75 Å². The van der Waals surface area contributed by atoms with Gasteiger partial charge in [0.15, 0.2) is 5.78 Å². The third kappa shape index (κ3) is 2.59. The molecule has 0 aliphatic carbocycles. The van der Waals surface area contributed by atoms with E-state index in [-0.39, 0.29) is 11.4 Å². The highest BCUT2D eigenvalue weighted by Crippen LogP contribution is 2.39. The topological polar surface area (TPSA) is 29.5 Å². The Morgan fingerprint density at radius 1 is 1.25 bits per heavy atom. The second-order valence-electron chi connectivity index (χ2n) is 6.08. The summed E-state index contributed by atoms with van der Waals surface area (Å²) in [6.45, 7) is 5.55. The van der Waals surface area contributed by atoms with Gasteiger partial charge in [-0.1, -0.05) is 19.1 Å². The second-order valence-corrected chi connectivity index (χ2v) is 6.08. The molecular formula is C17H23NO2. The van der Waals surface area contributed by atoms with Crippen molar-refractivity contribution in [1.82, 2.24) is 4.90 Å². The lowest BCUT2D eigenvalue weighted by Gasteiger charge is -2.37. The van der Waals surface area contributed by atoms with Crippen molar-refractivity contribution in [2.75, 3.05) is 19.6 Å². The van der Waals surface area contributed by atoms with Crippen LogP contribution in [0.25, 0.3) is 0 Å². The number of likely N-dealkylation sites (tertiary alicyclic amines) is 1. The van der Waals surface area contributed by atoms with E-state index in [1.807, 2.05) is 24.3 Å². The van der Waals surface area contributed by atoms with Gasteiger partial charge in [0, 0.05) is 13.0 Å². The molecule has 1 unspecified atom stereocenters. The summed E-state index contributed by atoms with van der Waals surface area (Å²) >= 11 is 0. The van der Waals surface area contributed by atoms with Crippen molar-refractivity contribution >= 4 is 5.78 Å². The largest absolute Gasteiger partial charge is 0.486 e. The van der Waals surface area contributed by atoms with E-state index in [9.17, 15) is 4.79 Å². The van der Waals surface area contributed by atoms with Crippen LogP contribution >= 0.6 is 0 Å². The number of benzene rings is 1. The lowest BCUT2D eigenvalue weighted by atomic mass is 9.84. The smallest absolute Gasteiger partial charge is 0.170 e. The van der Waals surface area contributed by atoms with Crippen LogP contribution in [0, 0.1) is 0 Å². The molecule has 2 heterocycles. The maximum absolute atomic E-state index is 12.4. The molecule has 0 saturated carbocycles. The van der Waals surface area contributed by atoms with Gasteiger partial charge in [-0.2, -0.15) is 0 Å². The van der Waals surface area contributed by atoms with Crippen LogP contribution in [-0.2, 0) is 0 Å². The Labute approximate surface area is 120 Å². The summed E-state index contributed by atoms with van der Waals surface area (Å²) in [7, 11) is 0. The summed E-state index contributed by atoms with van der Waals surface area (Å²) in [4.78, 5) is 14.9. The maximum Gasteiger partial charge on any atom is 0.170 e. The number of Topliss-reactive ketones (excluding diaryl/α,β-unsaturated/α-hetero) is 1. The number of rotatable bonds is 2. The lowest BCUT2D eigenvalue weighted by molar-refractivity contribution is 0.0300. The minimum Gasteiger partial charge on any atom is -0.486 e. The zero-order chi connectivity index (χ0) is 14.0.